The highest BCUT2D eigenvalue weighted by Gasteiger charge is 2.21. The van der Waals surface area contributed by atoms with Crippen LogP contribution in [0.2, 0.25) is 15.1 Å². The van der Waals surface area contributed by atoms with Gasteiger partial charge in [0.2, 0.25) is 0 Å². The summed E-state index contributed by atoms with van der Waals surface area (Å²) in [7, 11) is 1.21. The molecule has 0 radical (unpaired) electrons. The Labute approximate surface area is 152 Å². The molecule has 1 aromatic heterocycles. The molecule has 9 heteroatoms. The van der Waals surface area contributed by atoms with Gasteiger partial charge in [0.05, 0.1) is 33.6 Å². The molecule has 0 bridgehead atoms. The summed E-state index contributed by atoms with van der Waals surface area (Å²) < 4.78 is 6.13. The maximum atomic E-state index is 11.8. The molecule has 1 N–H and O–H groups in total. The van der Waals surface area contributed by atoms with E-state index in [1.807, 2.05) is 0 Å². The van der Waals surface area contributed by atoms with E-state index in [2.05, 4.69) is 27.0 Å². The lowest BCUT2D eigenvalue weighted by Gasteiger charge is -2.17. The number of nitrogens with zero attached hydrogens (tertiary/aromatic N) is 3. The van der Waals surface area contributed by atoms with Crippen molar-refractivity contribution in [2.24, 2.45) is 0 Å². The smallest absolute Gasteiger partial charge is 0.341 e. The van der Waals surface area contributed by atoms with E-state index >= 15 is 0 Å². The van der Waals surface area contributed by atoms with Crippen molar-refractivity contribution < 1.29 is 9.53 Å². The van der Waals surface area contributed by atoms with E-state index in [0.717, 1.165) is 0 Å². The van der Waals surface area contributed by atoms with Gasteiger partial charge in [0.25, 0.3) is 0 Å². The fourth-order valence-corrected chi connectivity index (χ4v) is 2.49. The zero-order valence-electron chi connectivity index (χ0n) is 12.2. The van der Waals surface area contributed by atoms with Gasteiger partial charge in [-0.2, -0.15) is 10.4 Å². The molecule has 2 aromatic rings. The summed E-state index contributed by atoms with van der Waals surface area (Å²) >= 11 is 18.5. The van der Waals surface area contributed by atoms with Crippen LogP contribution in [0.25, 0.3) is 5.69 Å². The minimum atomic E-state index is -1.10. The average Bonchev–Trinajstić information content (AvgIpc) is 3.12. The number of carbonyl (C=O) groups is 1. The van der Waals surface area contributed by atoms with Crippen molar-refractivity contribution in [1.82, 2.24) is 9.78 Å². The summed E-state index contributed by atoms with van der Waals surface area (Å²) in [4.78, 5) is 11.8. The van der Waals surface area contributed by atoms with Gasteiger partial charge in [0.15, 0.2) is 12.1 Å². The van der Waals surface area contributed by atoms with E-state index in [4.69, 9.17) is 40.1 Å². The monoisotopic (exact) mass is 382 g/mol. The van der Waals surface area contributed by atoms with Gasteiger partial charge < -0.3 is 10.1 Å². The van der Waals surface area contributed by atoms with Crippen LogP contribution in [0.1, 0.15) is 0 Å². The van der Waals surface area contributed by atoms with Gasteiger partial charge in [-0.05, 0) is 18.1 Å². The first kappa shape index (κ1) is 18.0. The normalized spacial score (nSPS) is 11.0. The van der Waals surface area contributed by atoms with Gasteiger partial charge in [0.1, 0.15) is 0 Å². The Morgan fingerprint density at radius 1 is 1.38 bits per heavy atom. The highest BCUT2D eigenvalue weighted by atomic mass is 35.5. The van der Waals surface area contributed by atoms with Gasteiger partial charge in [-0.25, -0.2) is 9.48 Å². The van der Waals surface area contributed by atoms with Crippen LogP contribution in [-0.4, -0.2) is 28.9 Å². The molecule has 0 aliphatic carbocycles. The molecule has 0 spiro atoms. The van der Waals surface area contributed by atoms with E-state index in [9.17, 15) is 4.79 Å². The first-order valence-electron chi connectivity index (χ1n) is 6.41. The van der Waals surface area contributed by atoms with Gasteiger partial charge in [-0.3, -0.25) is 0 Å². The molecule has 0 saturated carbocycles. The number of anilines is 1. The molecule has 0 fully saturated rings. The molecule has 0 amide bonds. The van der Waals surface area contributed by atoms with Gasteiger partial charge in [-0.15, -0.1) is 0 Å². The second kappa shape index (κ2) is 7.94. The number of nitriles is 1. The van der Waals surface area contributed by atoms with Crippen molar-refractivity contribution in [2.45, 2.75) is 6.04 Å². The zero-order valence-corrected chi connectivity index (χ0v) is 14.4. The minimum Gasteiger partial charge on any atom is -0.467 e. The first-order valence-corrected chi connectivity index (χ1v) is 7.54. The molecular formula is C15H9Cl3N4O2. The second-order valence-corrected chi connectivity index (χ2v) is 5.45. The maximum absolute atomic E-state index is 11.8. The predicted octanol–water partition coefficient (Wildman–Crippen LogP) is 3.31. The molecule has 2 rings (SSSR count). The van der Waals surface area contributed by atoms with Crippen molar-refractivity contribution in [1.29, 1.82) is 5.26 Å². The number of esters is 1. The Morgan fingerprint density at radius 3 is 2.71 bits per heavy atom. The van der Waals surface area contributed by atoms with Crippen molar-refractivity contribution in [2.75, 3.05) is 12.4 Å². The number of benzene rings is 1. The van der Waals surface area contributed by atoms with E-state index in [0.29, 0.717) is 11.4 Å². The van der Waals surface area contributed by atoms with Crippen LogP contribution in [-0.2, 0) is 9.53 Å². The van der Waals surface area contributed by atoms with Crippen LogP contribution < -0.4 is 5.32 Å². The Bertz CT molecular complexity index is 864. The van der Waals surface area contributed by atoms with Crippen molar-refractivity contribution >= 4 is 46.5 Å². The molecule has 122 valence electrons. The van der Waals surface area contributed by atoms with Crippen molar-refractivity contribution in [3.63, 3.8) is 0 Å². The maximum Gasteiger partial charge on any atom is 0.341 e. The molecule has 6 nitrogen and oxygen atoms in total. The third-order valence-corrected chi connectivity index (χ3v) is 4.23. The number of hydrogen-bond acceptors (Lipinski definition) is 5. The van der Waals surface area contributed by atoms with E-state index in [1.165, 1.54) is 11.8 Å². The first-order chi connectivity index (χ1) is 11.5. The summed E-state index contributed by atoms with van der Waals surface area (Å²) in [5.41, 5.74) is 0.745. The van der Waals surface area contributed by atoms with Crippen LogP contribution in [0.3, 0.4) is 0 Å². The number of hydrogen-bond donors (Lipinski definition) is 1. The topological polar surface area (TPSA) is 79.9 Å². The molecule has 0 aliphatic heterocycles. The van der Waals surface area contributed by atoms with Crippen LogP contribution in [0.15, 0.2) is 24.5 Å². The number of ether oxygens (including phenoxy) is 1. The van der Waals surface area contributed by atoms with Gasteiger partial charge in [-0.1, -0.05) is 34.8 Å². The fraction of sp³-hybridized carbons (Fsp3) is 0.133. The minimum absolute atomic E-state index is 0.0886. The van der Waals surface area contributed by atoms with Crippen molar-refractivity contribution in [3.05, 3.63) is 39.6 Å². The van der Waals surface area contributed by atoms with Crippen LogP contribution in [0.4, 0.5) is 5.69 Å². The molecule has 0 aliphatic rings. The zero-order chi connectivity index (χ0) is 17.7. The number of methoxy groups -OCH3 is 1. The summed E-state index contributed by atoms with van der Waals surface area (Å²) in [6, 6.07) is 3.80. The summed E-state index contributed by atoms with van der Waals surface area (Å²) in [6.45, 7) is 0. The SMILES string of the molecule is COC(=O)C(C#CC#N)Nc1cc(-n2cccn2)c(Cl)c(Cl)c1Cl. The molecular weight excluding hydrogens is 375 g/mol. The summed E-state index contributed by atoms with van der Waals surface area (Å²) in [5, 5.41) is 15.8. The molecule has 24 heavy (non-hydrogen) atoms. The average molecular weight is 384 g/mol. The molecule has 1 unspecified atom stereocenters. The lowest BCUT2D eigenvalue weighted by atomic mass is 10.2. The third kappa shape index (κ3) is 3.74. The van der Waals surface area contributed by atoms with Crippen molar-refractivity contribution in [3.8, 4) is 23.6 Å². The lowest BCUT2D eigenvalue weighted by molar-refractivity contribution is -0.140. The third-order valence-electron chi connectivity index (χ3n) is 2.89. The predicted molar refractivity (Wildman–Crippen MR) is 91.4 cm³/mol. The highest BCUT2D eigenvalue weighted by Crippen LogP contribution is 2.40. The van der Waals surface area contributed by atoms with E-state index in [-0.39, 0.29) is 15.1 Å². The standard InChI is InChI=1S/C15H9Cl3N4O2/c1-24-15(23)9(4-2-5-19)21-10-8-11(22-7-3-6-20-22)13(17)14(18)12(10)16/h3,6-9,21H,1H3. The largest absolute Gasteiger partial charge is 0.467 e. The van der Waals surface area contributed by atoms with E-state index < -0.39 is 12.0 Å². The lowest BCUT2D eigenvalue weighted by Crippen LogP contribution is -2.29. The van der Waals surface area contributed by atoms with Gasteiger partial charge >= 0.3 is 5.97 Å². The molecule has 0 saturated heterocycles. The highest BCUT2D eigenvalue weighted by molar-refractivity contribution is 6.50. The number of aromatic nitrogens is 2. The Morgan fingerprint density at radius 2 is 2.12 bits per heavy atom. The second-order valence-electron chi connectivity index (χ2n) is 4.32. The van der Waals surface area contributed by atoms with E-state index in [1.54, 1.807) is 30.6 Å². The Kier molecular flexibility index (Phi) is 5.94. The molecule has 1 atom stereocenters. The Balaban J connectivity index is 2.50. The summed E-state index contributed by atoms with van der Waals surface area (Å²) in [6.07, 6.45) is 3.24. The number of rotatable bonds is 4. The molecule has 1 aromatic carbocycles. The molecule has 1 heterocycles. The number of halogens is 3. The van der Waals surface area contributed by atoms with Crippen LogP contribution >= 0.6 is 34.8 Å². The fourth-order valence-electron chi connectivity index (χ4n) is 1.81. The number of nitrogens with one attached hydrogen (secondary N) is 1. The number of carbonyl (C=O) groups excluding carboxylic acids is 1. The van der Waals surface area contributed by atoms with Crippen LogP contribution in [0, 0.1) is 23.2 Å². The van der Waals surface area contributed by atoms with Crippen LogP contribution in [0.5, 0.6) is 0 Å². The van der Waals surface area contributed by atoms with Gasteiger partial charge in [0, 0.05) is 18.3 Å². The quantitative estimate of drug-likeness (QED) is 0.498. The summed E-state index contributed by atoms with van der Waals surface area (Å²) in [5.74, 6) is 3.89. The Hall–Kier alpha value is -2.38.